The van der Waals surface area contributed by atoms with Gasteiger partial charge in [0, 0.05) is 11.1 Å². The first-order valence-electron chi connectivity index (χ1n) is 6.12. The molecule has 102 valence electrons. The van der Waals surface area contributed by atoms with Crippen molar-refractivity contribution >= 4 is 6.03 Å². The summed E-state index contributed by atoms with van der Waals surface area (Å²) in [5.74, 6) is 0. The van der Waals surface area contributed by atoms with Crippen molar-refractivity contribution < 1.29 is 4.79 Å². The molecule has 2 amide bonds. The van der Waals surface area contributed by atoms with Crippen LogP contribution in [0.25, 0.3) is 0 Å². The van der Waals surface area contributed by atoms with Gasteiger partial charge in [-0.15, -0.1) is 0 Å². The topological polar surface area (TPSA) is 44.4 Å². The second kappa shape index (κ2) is 4.84. The van der Waals surface area contributed by atoms with Crippen LogP contribution in [0.4, 0.5) is 4.79 Å². The Kier molecular flexibility index (Phi) is 4.63. The number of rotatable bonds is 1. The molecule has 2 N–H and O–H groups in total. The highest BCUT2D eigenvalue weighted by molar-refractivity contribution is 5.75. The predicted octanol–water partition coefficient (Wildman–Crippen LogP) is 2.90. The molecule has 0 rings (SSSR count). The summed E-state index contributed by atoms with van der Waals surface area (Å²) in [6.45, 7) is 18.1. The molecule has 0 bridgehead atoms. The van der Waals surface area contributed by atoms with Crippen molar-refractivity contribution in [2.45, 2.75) is 78.9 Å². The minimum absolute atomic E-state index is 0.0973. The second-order valence-corrected chi connectivity index (χ2v) is 7.55. The SMILES string of the molecule is CC(C)(C)NC(=O)N(NC(C)(C)C)C(C)(C)C. The van der Waals surface area contributed by atoms with Gasteiger partial charge in [0.25, 0.3) is 0 Å². The van der Waals surface area contributed by atoms with Crippen LogP contribution in [0.2, 0.25) is 0 Å². The molecule has 0 unspecified atom stereocenters. The Balaban J connectivity index is 4.90. The third kappa shape index (κ3) is 7.21. The van der Waals surface area contributed by atoms with Crippen LogP contribution in [-0.4, -0.2) is 27.7 Å². The summed E-state index contributed by atoms with van der Waals surface area (Å²) in [5, 5.41) is 4.64. The van der Waals surface area contributed by atoms with E-state index in [1.165, 1.54) is 0 Å². The van der Waals surface area contributed by atoms with Crippen molar-refractivity contribution in [1.29, 1.82) is 0 Å². The third-order valence-corrected chi connectivity index (χ3v) is 1.80. The second-order valence-electron chi connectivity index (χ2n) is 7.55. The lowest BCUT2D eigenvalue weighted by Gasteiger charge is -2.41. The summed E-state index contributed by atoms with van der Waals surface area (Å²) in [6, 6.07) is -0.0973. The van der Waals surface area contributed by atoms with Gasteiger partial charge in [0.2, 0.25) is 0 Å². The monoisotopic (exact) mass is 243 g/mol. The van der Waals surface area contributed by atoms with Gasteiger partial charge in [0.15, 0.2) is 0 Å². The van der Waals surface area contributed by atoms with Crippen LogP contribution < -0.4 is 10.7 Å². The molecule has 0 fully saturated rings. The zero-order chi connectivity index (χ0) is 14.1. The lowest BCUT2D eigenvalue weighted by Crippen LogP contribution is -2.64. The molecule has 17 heavy (non-hydrogen) atoms. The molecule has 0 aromatic heterocycles. The van der Waals surface area contributed by atoms with E-state index in [2.05, 4.69) is 10.7 Å². The molecule has 0 aromatic carbocycles. The number of urea groups is 1. The van der Waals surface area contributed by atoms with Crippen LogP contribution in [0.15, 0.2) is 0 Å². The molecule has 0 saturated heterocycles. The lowest BCUT2D eigenvalue weighted by molar-refractivity contribution is 0.0655. The van der Waals surface area contributed by atoms with Crippen molar-refractivity contribution in [2.75, 3.05) is 0 Å². The van der Waals surface area contributed by atoms with E-state index in [1.807, 2.05) is 62.3 Å². The quantitative estimate of drug-likeness (QED) is 0.696. The Morgan fingerprint density at radius 3 is 1.47 bits per heavy atom. The zero-order valence-corrected chi connectivity index (χ0v) is 12.9. The Labute approximate surface area is 106 Å². The number of hydrogen-bond acceptors (Lipinski definition) is 2. The van der Waals surface area contributed by atoms with Gasteiger partial charge in [-0.1, -0.05) is 0 Å². The van der Waals surface area contributed by atoms with E-state index in [-0.39, 0.29) is 22.6 Å². The molecule has 0 atom stereocenters. The minimum atomic E-state index is -0.275. The smallest absolute Gasteiger partial charge is 0.332 e. The molecule has 0 aliphatic heterocycles. The van der Waals surface area contributed by atoms with Gasteiger partial charge >= 0.3 is 6.03 Å². The molecule has 0 saturated carbocycles. The van der Waals surface area contributed by atoms with Gasteiger partial charge in [-0.3, -0.25) is 5.01 Å². The molecule has 0 spiro atoms. The molecule has 0 aliphatic carbocycles. The molecule has 0 heterocycles. The maximum atomic E-state index is 12.2. The van der Waals surface area contributed by atoms with Gasteiger partial charge in [0.05, 0.1) is 5.54 Å². The molecule has 0 aliphatic rings. The van der Waals surface area contributed by atoms with Gasteiger partial charge in [-0.25, -0.2) is 10.2 Å². The first-order chi connectivity index (χ1) is 7.22. The predicted molar refractivity (Wildman–Crippen MR) is 72.8 cm³/mol. The maximum absolute atomic E-state index is 12.2. The fraction of sp³-hybridized carbons (Fsp3) is 0.923. The number of nitrogens with zero attached hydrogens (tertiary/aromatic N) is 1. The highest BCUT2D eigenvalue weighted by Crippen LogP contribution is 2.15. The number of carbonyl (C=O) groups excluding carboxylic acids is 1. The van der Waals surface area contributed by atoms with E-state index >= 15 is 0 Å². The Hall–Kier alpha value is -0.770. The Morgan fingerprint density at radius 2 is 1.24 bits per heavy atom. The average Bonchev–Trinajstić information content (AvgIpc) is 1.92. The van der Waals surface area contributed by atoms with Crippen LogP contribution >= 0.6 is 0 Å². The summed E-state index contributed by atoms with van der Waals surface area (Å²) in [7, 11) is 0. The van der Waals surface area contributed by atoms with Crippen molar-refractivity contribution in [3.8, 4) is 0 Å². The Morgan fingerprint density at radius 1 is 0.824 bits per heavy atom. The van der Waals surface area contributed by atoms with E-state index in [9.17, 15) is 4.79 Å². The van der Waals surface area contributed by atoms with Crippen molar-refractivity contribution in [3.63, 3.8) is 0 Å². The van der Waals surface area contributed by atoms with Gasteiger partial charge in [-0.05, 0) is 62.3 Å². The molecule has 4 heteroatoms. The number of nitrogens with one attached hydrogen (secondary N) is 2. The van der Waals surface area contributed by atoms with Gasteiger partial charge in [0.1, 0.15) is 0 Å². The number of amides is 2. The van der Waals surface area contributed by atoms with E-state index in [0.29, 0.717) is 0 Å². The van der Waals surface area contributed by atoms with Crippen LogP contribution in [0, 0.1) is 0 Å². The first kappa shape index (κ1) is 16.2. The fourth-order valence-corrected chi connectivity index (χ4v) is 1.24. The molecule has 0 radical (unpaired) electrons. The van der Waals surface area contributed by atoms with Gasteiger partial charge in [-0.2, -0.15) is 0 Å². The summed E-state index contributed by atoms with van der Waals surface area (Å²) in [4.78, 5) is 12.2. The molecular formula is C13H29N3O. The normalized spacial score (nSPS) is 13.5. The number of hydrogen-bond donors (Lipinski definition) is 2. The Bertz CT molecular complexity index is 266. The summed E-state index contributed by atoms with van der Waals surface area (Å²) in [6.07, 6.45) is 0. The number of hydrazine groups is 1. The van der Waals surface area contributed by atoms with Crippen molar-refractivity contribution in [3.05, 3.63) is 0 Å². The van der Waals surface area contributed by atoms with E-state index in [1.54, 1.807) is 5.01 Å². The van der Waals surface area contributed by atoms with Crippen molar-refractivity contribution in [1.82, 2.24) is 15.8 Å². The minimum Gasteiger partial charge on any atom is -0.332 e. The highest BCUT2D eigenvalue weighted by atomic mass is 16.2. The fourth-order valence-electron chi connectivity index (χ4n) is 1.24. The van der Waals surface area contributed by atoms with Crippen LogP contribution in [0.5, 0.6) is 0 Å². The van der Waals surface area contributed by atoms with E-state index < -0.39 is 0 Å². The highest BCUT2D eigenvalue weighted by Gasteiger charge is 2.31. The lowest BCUT2D eigenvalue weighted by atomic mass is 10.1. The molecule has 4 nitrogen and oxygen atoms in total. The average molecular weight is 243 g/mol. The van der Waals surface area contributed by atoms with Crippen LogP contribution in [0.3, 0.4) is 0 Å². The van der Waals surface area contributed by atoms with Gasteiger partial charge < -0.3 is 5.32 Å². The number of carbonyl (C=O) groups is 1. The summed E-state index contributed by atoms with van der Waals surface area (Å²) >= 11 is 0. The molecular weight excluding hydrogens is 214 g/mol. The largest absolute Gasteiger partial charge is 0.332 e. The van der Waals surface area contributed by atoms with E-state index in [0.717, 1.165) is 0 Å². The van der Waals surface area contributed by atoms with Crippen LogP contribution in [-0.2, 0) is 0 Å². The first-order valence-corrected chi connectivity index (χ1v) is 6.12. The molecule has 0 aromatic rings. The maximum Gasteiger partial charge on any atom is 0.332 e. The summed E-state index contributed by atoms with van der Waals surface area (Å²) in [5.41, 5.74) is 2.58. The van der Waals surface area contributed by atoms with E-state index in [4.69, 9.17) is 0 Å². The summed E-state index contributed by atoms with van der Waals surface area (Å²) < 4.78 is 0. The standard InChI is InChI=1S/C13H29N3O/c1-11(2,3)14-10(17)16(13(7,8)9)15-12(4,5)6/h15H,1-9H3,(H,14,17). The third-order valence-electron chi connectivity index (χ3n) is 1.80. The zero-order valence-electron chi connectivity index (χ0n) is 12.9. The van der Waals surface area contributed by atoms with Crippen LogP contribution in [0.1, 0.15) is 62.3 Å². The van der Waals surface area contributed by atoms with Crippen molar-refractivity contribution in [2.24, 2.45) is 0 Å².